The van der Waals surface area contributed by atoms with Gasteiger partial charge in [-0.15, -0.1) is 36.2 Å². The van der Waals surface area contributed by atoms with Crippen LogP contribution in [0.3, 0.4) is 0 Å². The van der Waals surface area contributed by atoms with Crippen molar-refractivity contribution in [1.82, 2.24) is 15.1 Å². The summed E-state index contributed by atoms with van der Waals surface area (Å²) in [5.74, 6) is -0.393. The molecule has 6 nitrogen and oxygen atoms in total. The van der Waals surface area contributed by atoms with Gasteiger partial charge < -0.3 is 20.9 Å². The first-order valence-corrected chi connectivity index (χ1v) is 8.47. The second-order valence-electron chi connectivity index (χ2n) is 4.90. The first-order chi connectivity index (χ1) is 10.6. The minimum Gasteiger partial charge on any atom is -0.346 e. The minimum absolute atomic E-state index is 0. The molecule has 0 saturated heterocycles. The zero-order valence-electron chi connectivity index (χ0n) is 14.2. The molecule has 1 aromatic rings. The van der Waals surface area contributed by atoms with Crippen molar-refractivity contribution in [1.29, 1.82) is 0 Å². The lowest BCUT2D eigenvalue weighted by molar-refractivity contribution is -0.133. The van der Waals surface area contributed by atoms with Gasteiger partial charge in [-0.3, -0.25) is 9.59 Å². The van der Waals surface area contributed by atoms with Crippen LogP contribution in [0.15, 0.2) is 17.5 Å². The van der Waals surface area contributed by atoms with Gasteiger partial charge in [-0.1, -0.05) is 19.9 Å². The van der Waals surface area contributed by atoms with Crippen LogP contribution >= 0.6 is 36.2 Å². The second kappa shape index (κ2) is 14.5. The molecule has 0 spiro atoms. The predicted molar refractivity (Wildman–Crippen MR) is 104 cm³/mol. The van der Waals surface area contributed by atoms with Gasteiger partial charge in [0.2, 0.25) is 11.8 Å². The van der Waals surface area contributed by atoms with E-state index in [1.54, 1.807) is 16.2 Å². The van der Waals surface area contributed by atoms with E-state index in [0.717, 1.165) is 24.5 Å². The van der Waals surface area contributed by atoms with E-state index in [-0.39, 0.29) is 49.7 Å². The fourth-order valence-electron chi connectivity index (χ4n) is 2.04. The molecule has 1 heterocycles. The number of nitrogens with one attached hydrogen (secondary N) is 1. The molecule has 9 heteroatoms. The summed E-state index contributed by atoms with van der Waals surface area (Å²) in [6.45, 7) is 8.09. The lowest BCUT2D eigenvalue weighted by Gasteiger charge is -2.26. The molecule has 0 aliphatic rings. The molecule has 0 atom stereocenters. The van der Waals surface area contributed by atoms with Crippen molar-refractivity contribution in [2.45, 2.75) is 20.4 Å². The van der Waals surface area contributed by atoms with Gasteiger partial charge in [-0.05, 0) is 24.5 Å². The predicted octanol–water partition coefficient (Wildman–Crippen LogP) is 1.34. The smallest absolute Gasteiger partial charge is 0.242 e. The number of halogens is 2. The Morgan fingerprint density at radius 1 is 1.21 bits per heavy atom. The number of nitrogens with two attached hydrogens (primary N) is 1. The average Bonchev–Trinajstić information content (AvgIpc) is 3.05. The highest BCUT2D eigenvalue weighted by atomic mass is 35.5. The molecule has 0 saturated carbocycles. The summed E-state index contributed by atoms with van der Waals surface area (Å²) >= 11 is 1.63. The third-order valence-electron chi connectivity index (χ3n) is 3.48. The monoisotopic (exact) mass is 398 g/mol. The zero-order valence-corrected chi connectivity index (χ0v) is 16.6. The Bertz CT molecular complexity index is 456. The Balaban J connectivity index is 0. The van der Waals surface area contributed by atoms with E-state index >= 15 is 0 Å². The number of nitrogens with zero attached hydrogens (tertiary/aromatic N) is 2. The maximum Gasteiger partial charge on any atom is 0.242 e. The molecular weight excluding hydrogens is 371 g/mol. The van der Waals surface area contributed by atoms with E-state index in [0.29, 0.717) is 13.1 Å². The molecule has 3 N–H and O–H groups in total. The Hall–Kier alpha value is -0.860. The SMILES string of the molecule is CCN(CC)CCN(Cc1cccs1)C(=O)CNC(=O)CN.Cl.Cl. The van der Waals surface area contributed by atoms with Crippen LogP contribution in [0.2, 0.25) is 0 Å². The zero-order chi connectivity index (χ0) is 16.4. The maximum absolute atomic E-state index is 12.3. The van der Waals surface area contributed by atoms with Crippen LogP contribution in [-0.4, -0.2) is 60.9 Å². The van der Waals surface area contributed by atoms with E-state index in [2.05, 4.69) is 24.1 Å². The summed E-state index contributed by atoms with van der Waals surface area (Å²) in [5, 5.41) is 4.54. The molecular formula is C15H28Cl2N4O2S. The van der Waals surface area contributed by atoms with Crippen LogP contribution in [0.1, 0.15) is 18.7 Å². The molecule has 2 amide bonds. The molecule has 0 aliphatic heterocycles. The molecule has 0 unspecified atom stereocenters. The molecule has 0 aromatic carbocycles. The van der Waals surface area contributed by atoms with Crippen LogP contribution < -0.4 is 11.1 Å². The highest BCUT2D eigenvalue weighted by molar-refractivity contribution is 7.09. The molecule has 0 radical (unpaired) electrons. The summed E-state index contributed by atoms with van der Waals surface area (Å²) in [6.07, 6.45) is 0. The molecule has 0 fully saturated rings. The number of amides is 2. The number of carbonyl (C=O) groups excluding carboxylic acids is 2. The number of carbonyl (C=O) groups is 2. The lowest BCUT2D eigenvalue weighted by Crippen LogP contribution is -2.44. The van der Waals surface area contributed by atoms with E-state index in [9.17, 15) is 9.59 Å². The van der Waals surface area contributed by atoms with E-state index in [1.807, 2.05) is 17.5 Å². The maximum atomic E-state index is 12.3. The van der Waals surface area contributed by atoms with Gasteiger partial charge in [0.1, 0.15) is 0 Å². The van der Waals surface area contributed by atoms with Crippen LogP contribution in [0.4, 0.5) is 0 Å². The van der Waals surface area contributed by atoms with E-state index < -0.39 is 0 Å². The van der Waals surface area contributed by atoms with Crippen molar-refractivity contribution < 1.29 is 9.59 Å². The number of rotatable bonds is 10. The normalized spacial score (nSPS) is 9.83. The largest absolute Gasteiger partial charge is 0.346 e. The highest BCUT2D eigenvalue weighted by Crippen LogP contribution is 2.12. The Kier molecular flexibility index (Phi) is 15.3. The summed E-state index contributed by atoms with van der Waals surface area (Å²) in [6, 6.07) is 3.99. The van der Waals surface area contributed by atoms with Gasteiger partial charge in [0, 0.05) is 18.0 Å². The van der Waals surface area contributed by atoms with Crippen molar-refractivity contribution in [3.05, 3.63) is 22.4 Å². The molecule has 0 bridgehead atoms. The number of hydrogen-bond acceptors (Lipinski definition) is 5. The van der Waals surface area contributed by atoms with Crippen LogP contribution in [0.5, 0.6) is 0 Å². The van der Waals surface area contributed by atoms with Crippen molar-refractivity contribution in [3.63, 3.8) is 0 Å². The second-order valence-corrected chi connectivity index (χ2v) is 5.93. The van der Waals surface area contributed by atoms with Gasteiger partial charge in [0.25, 0.3) is 0 Å². The topological polar surface area (TPSA) is 78.7 Å². The fraction of sp³-hybridized carbons (Fsp3) is 0.600. The summed E-state index contributed by atoms with van der Waals surface area (Å²) in [5.41, 5.74) is 5.24. The molecule has 1 aromatic heterocycles. The standard InChI is InChI=1S/C15H26N4O2S.2ClH/c1-3-18(4-2)7-8-19(12-13-6-5-9-22-13)15(21)11-17-14(20)10-16;;/h5-6,9H,3-4,7-8,10-12,16H2,1-2H3,(H,17,20);2*1H. The van der Waals surface area contributed by atoms with Gasteiger partial charge >= 0.3 is 0 Å². The van der Waals surface area contributed by atoms with Crippen molar-refractivity contribution in [2.24, 2.45) is 5.73 Å². The van der Waals surface area contributed by atoms with Gasteiger partial charge in [-0.25, -0.2) is 0 Å². The van der Waals surface area contributed by atoms with Gasteiger partial charge in [0.05, 0.1) is 19.6 Å². The Morgan fingerprint density at radius 2 is 1.88 bits per heavy atom. The van der Waals surface area contributed by atoms with Crippen molar-refractivity contribution >= 4 is 48.0 Å². The first kappa shape index (κ1) is 25.4. The van der Waals surface area contributed by atoms with Crippen molar-refractivity contribution in [3.8, 4) is 0 Å². The minimum atomic E-state index is -0.312. The third-order valence-corrected chi connectivity index (χ3v) is 4.34. The molecule has 1 rings (SSSR count). The van der Waals surface area contributed by atoms with Crippen LogP contribution in [0.25, 0.3) is 0 Å². The van der Waals surface area contributed by atoms with Gasteiger partial charge in [-0.2, -0.15) is 0 Å². The van der Waals surface area contributed by atoms with E-state index in [1.165, 1.54) is 0 Å². The summed E-state index contributed by atoms with van der Waals surface area (Å²) in [7, 11) is 0. The summed E-state index contributed by atoms with van der Waals surface area (Å²) < 4.78 is 0. The average molecular weight is 399 g/mol. The number of thiophene rings is 1. The summed E-state index contributed by atoms with van der Waals surface area (Å²) in [4.78, 5) is 28.7. The lowest BCUT2D eigenvalue weighted by atomic mass is 10.3. The van der Waals surface area contributed by atoms with Gasteiger partial charge in [0.15, 0.2) is 0 Å². The van der Waals surface area contributed by atoms with Crippen LogP contribution in [-0.2, 0) is 16.1 Å². The third kappa shape index (κ3) is 9.44. The molecule has 24 heavy (non-hydrogen) atoms. The van der Waals surface area contributed by atoms with E-state index in [4.69, 9.17) is 5.73 Å². The van der Waals surface area contributed by atoms with Crippen molar-refractivity contribution in [2.75, 3.05) is 39.3 Å². The Labute approximate surface area is 160 Å². The Morgan fingerprint density at radius 3 is 2.38 bits per heavy atom. The highest BCUT2D eigenvalue weighted by Gasteiger charge is 2.16. The first-order valence-electron chi connectivity index (χ1n) is 7.59. The molecule has 140 valence electrons. The fourth-order valence-corrected chi connectivity index (χ4v) is 2.76. The van der Waals surface area contributed by atoms with Crippen LogP contribution in [0, 0.1) is 0 Å². The number of likely N-dealkylation sites (N-methyl/N-ethyl adjacent to an activating group) is 1. The quantitative estimate of drug-likeness (QED) is 0.623. The molecule has 0 aliphatic carbocycles. The number of hydrogen-bond donors (Lipinski definition) is 2.